The van der Waals surface area contributed by atoms with Gasteiger partial charge in [0.2, 0.25) is 0 Å². The lowest BCUT2D eigenvalue weighted by Crippen LogP contribution is -2.39. The SMILES string of the molecule is O=C(OC1C2OC(c3cc4ccccc4cc32)C1OC(=O)c1ccccc1)c1ccccc1. The van der Waals surface area contributed by atoms with Crippen LogP contribution in [0.15, 0.2) is 97.1 Å². The Labute approximate surface area is 190 Å². The smallest absolute Gasteiger partial charge is 0.338 e. The predicted molar refractivity (Wildman–Crippen MR) is 122 cm³/mol. The largest absolute Gasteiger partial charge is 0.452 e. The molecule has 6 rings (SSSR count). The van der Waals surface area contributed by atoms with E-state index in [0.717, 1.165) is 21.9 Å². The van der Waals surface area contributed by atoms with Crippen LogP contribution in [0.25, 0.3) is 10.8 Å². The maximum Gasteiger partial charge on any atom is 0.338 e. The molecule has 1 saturated heterocycles. The fourth-order valence-electron chi connectivity index (χ4n) is 4.72. The zero-order valence-electron chi connectivity index (χ0n) is 17.6. The minimum atomic E-state index is -0.746. The fraction of sp³-hybridized carbons (Fsp3) is 0.143. The Balaban J connectivity index is 1.37. The van der Waals surface area contributed by atoms with Gasteiger partial charge in [0, 0.05) is 0 Å². The van der Waals surface area contributed by atoms with Gasteiger partial charge in [0.25, 0.3) is 0 Å². The van der Waals surface area contributed by atoms with Crippen molar-refractivity contribution in [3.8, 4) is 0 Å². The zero-order chi connectivity index (χ0) is 22.4. The topological polar surface area (TPSA) is 61.8 Å². The number of carbonyl (C=O) groups is 2. The van der Waals surface area contributed by atoms with E-state index in [1.54, 1.807) is 48.5 Å². The molecule has 0 amide bonds. The molecule has 2 heterocycles. The molecule has 2 aliphatic rings. The first kappa shape index (κ1) is 19.7. The highest BCUT2D eigenvalue weighted by molar-refractivity contribution is 5.91. The normalized spacial score (nSPS) is 22.7. The van der Waals surface area contributed by atoms with Gasteiger partial charge < -0.3 is 14.2 Å². The first-order valence-corrected chi connectivity index (χ1v) is 10.9. The number of hydrogen-bond donors (Lipinski definition) is 0. The lowest BCUT2D eigenvalue weighted by molar-refractivity contribution is -0.0348. The van der Waals surface area contributed by atoms with Gasteiger partial charge in [-0.3, -0.25) is 0 Å². The van der Waals surface area contributed by atoms with E-state index in [4.69, 9.17) is 14.2 Å². The fourth-order valence-corrected chi connectivity index (χ4v) is 4.72. The highest BCUT2D eigenvalue weighted by atomic mass is 16.6. The van der Waals surface area contributed by atoms with E-state index in [-0.39, 0.29) is 0 Å². The molecule has 4 unspecified atom stereocenters. The standard InChI is InChI=1S/C28H20O5/c29-27(17-9-3-1-4-10-17)32-25-23-21-15-19-13-7-8-14-20(19)16-22(21)24(31-23)26(25)33-28(30)18-11-5-2-6-12-18/h1-16,23-26H. The van der Waals surface area contributed by atoms with E-state index in [1.807, 2.05) is 36.4 Å². The molecular formula is C28H20O5. The van der Waals surface area contributed by atoms with E-state index in [1.165, 1.54) is 0 Å². The van der Waals surface area contributed by atoms with Gasteiger partial charge in [-0.2, -0.15) is 0 Å². The van der Waals surface area contributed by atoms with Gasteiger partial charge in [-0.25, -0.2) is 9.59 Å². The summed E-state index contributed by atoms with van der Waals surface area (Å²) in [5, 5.41) is 2.16. The zero-order valence-corrected chi connectivity index (χ0v) is 17.6. The molecule has 0 aliphatic carbocycles. The molecule has 4 atom stereocenters. The van der Waals surface area contributed by atoms with Crippen LogP contribution in [-0.2, 0) is 14.2 Å². The maximum absolute atomic E-state index is 12.9. The third-order valence-electron chi connectivity index (χ3n) is 6.28. The lowest BCUT2D eigenvalue weighted by Gasteiger charge is -2.29. The molecule has 4 aromatic carbocycles. The van der Waals surface area contributed by atoms with Gasteiger partial charge in [0.1, 0.15) is 12.2 Å². The van der Waals surface area contributed by atoms with Crippen molar-refractivity contribution < 1.29 is 23.8 Å². The van der Waals surface area contributed by atoms with Crippen LogP contribution in [0.4, 0.5) is 0 Å². The first-order valence-electron chi connectivity index (χ1n) is 10.9. The van der Waals surface area contributed by atoms with Crippen molar-refractivity contribution in [3.05, 3.63) is 119 Å². The van der Waals surface area contributed by atoms with Crippen LogP contribution >= 0.6 is 0 Å². The lowest BCUT2D eigenvalue weighted by atomic mass is 9.85. The number of benzene rings is 4. The van der Waals surface area contributed by atoms with E-state index in [2.05, 4.69) is 12.1 Å². The number of ether oxygens (including phenoxy) is 3. The van der Waals surface area contributed by atoms with Crippen LogP contribution in [0.2, 0.25) is 0 Å². The monoisotopic (exact) mass is 436 g/mol. The third kappa shape index (κ3) is 3.38. The molecular weight excluding hydrogens is 416 g/mol. The summed E-state index contributed by atoms with van der Waals surface area (Å²) in [6.45, 7) is 0. The Kier molecular flexibility index (Phi) is 4.70. The highest BCUT2D eigenvalue weighted by Gasteiger charge is 2.56. The minimum absolute atomic E-state index is 0.437. The molecule has 2 aliphatic heterocycles. The Hall–Kier alpha value is -3.96. The second kappa shape index (κ2) is 7.87. The Morgan fingerprint density at radius 2 is 0.970 bits per heavy atom. The van der Waals surface area contributed by atoms with Gasteiger partial charge in [-0.15, -0.1) is 0 Å². The molecule has 0 N–H and O–H groups in total. The van der Waals surface area contributed by atoms with Crippen LogP contribution in [0.3, 0.4) is 0 Å². The molecule has 0 spiro atoms. The molecule has 33 heavy (non-hydrogen) atoms. The first-order chi connectivity index (χ1) is 16.2. The summed E-state index contributed by atoms with van der Waals surface area (Å²) in [5.74, 6) is -0.945. The Morgan fingerprint density at radius 1 is 0.576 bits per heavy atom. The number of rotatable bonds is 4. The molecule has 162 valence electrons. The highest BCUT2D eigenvalue weighted by Crippen LogP contribution is 2.54. The van der Waals surface area contributed by atoms with E-state index in [0.29, 0.717) is 11.1 Å². The molecule has 0 aromatic heterocycles. The van der Waals surface area contributed by atoms with E-state index < -0.39 is 36.4 Å². The molecule has 5 nitrogen and oxygen atoms in total. The van der Waals surface area contributed by atoms with Crippen LogP contribution < -0.4 is 0 Å². The van der Waals surface area contributed by atoms with Gasteiger partial charge in [0.05, 0.1) is 11.1 Å². The summed E-state index contributed by atoms with van der Waals surface area (Å²) < 4.78 is 18.1. The Bertz CT molecular complexity index is 1240. The summed E-state index contributed by atoms with van der Waals surface area (Å²) in [4.78, 5) is 25.8. The number of carbonyl (C=O) groups excluding carboxylic acids is 2. The van der Waals surface area contributed by atoms with Crippen molar-refractivity contribution in [2.24, 2.45) is 0 Å². The third-order valence-corrected chi connectivity index (χ3v) is 6.28. The summed E-state index contributed by atoms with van der Waals surface area (Å²) in [6.07, 6.45) is -2.50. The summed E-state index contributed by atoms with van der Waals surface area (Å²) in [5.41, 5.74) is 2.81. The maximum atomic E-state index is 12.9. The quantitative estimate of drug-likeness (QED) is 0.400. The van der Waals surface area contributed by atoms with Crippen LogP contribution in [0.5, 0.6) is 0 Å². The average molecular weight is 436 g/mol. The molecule has 5 heteroatoms. The Morgan fingerprint density at radius 3 is 1.39 bits per heavy atom. The van der Waals surface area contributed by atoms with Gasteiger partial charge in [-0.1, -0.05) is 60.7 Å². The van der Waals surface area contributed by atoms with E-state index >= 15 is 0 Å². The van der Waals surface area contributed by atoms with E-state index in [9.17, 15) is 9.59 Å². The molecule has 2 bridgehead atoms. The van der Waals surface area contributed by atoms with Crippen molar-refractivity contribution in [1.29, 1.82) is 0 Å². The second-order valence-electron chi connectivity index (χ2n) is 8.28. The average Bonchev–Trinajstić information content (AvgIpc) is 3.40. The molecule has 0 radical (unpaired) electrons. The predicted octanol–water partition coefficient (Wildman–Crippen LogP) is 5.42. The molecule has 4 aromatic rings. The number of hydrogen-bond acceptors (Lipinski definition) is 5. The van der Waals surface area contributed by atoms with Gasteiger partial charge >= 0.3 is 11.9 Å². The van der Waals surface area contributed by atoms with Crippen LogP contribution in [0, 0.1) is 0 Å². The number of esters is 2. The van der Waals surface area contributed by atoms with Crippen molar-refractivity contribution in [3.63, 3.8) is 0 Å². The van der Waals surface area contributed by atoms with Gasteiger partial charge in [-0.05, 0) is 58.3 Å². The molecule has 0 saturated carbocycles. The van der Waals surface area contributed by atoms with Crippen molar-refractivity contribution in [1.82, 2.24) is 0 Å². The summed E-state index contributed by atoms with van der Waals surface area (Å²) >= 11 is 0. The van der Waals surface area contributed by atoms with Crippen LogP contribution in [-0.4, -0.2) is 24.1 Å². The van der Waals surface area contributed by atoms with Crippen molar-refractivity contribution in [2.75, 3.05) is 0 Å². The van der Waals surface area contributed by atoms with Crippen molar-refractivity contribution >= 4 is 22.7 Å². The van der Waals surface area contributed by atoms with Gasteiger partial charge in [0.15, 0.2) is 12.2 Å². The minimum Gasteiger partial charge on any atom is -0.452 e. The van der Waals surface area contributed by atoms with Crippen LogP contribution in [0.1, 0.15) is 44.1 Å². The number of fused-ring (bicyclic) bond motifs is 6. The summed E-state index contributed by atoms with van der Waals surface area (Å²) in [7, 11) is 0. The second-order valence-corrected chi connectivity index (χ2v) is 8.28. The molecule has 1 fully saturated rings. The van der Waals surface area contributed by atoms with Crippen molar-refractivity contribution in [2.45, 2.75) is 24.4 Å². The summed E-state index contributed by atoms with van der Waals surface area (Å²) in [6, 6.07) is 29.8.